The highest BCUT2D eigenvalue weighted by molar-refractivity contribution is 6.54. The molecule has 0 aromatic rings. The molecule has 0 radical (unpaired) electrons. The van der Waals surface area contributed by atoms with Gasteiger partial charge in [0.1, 0.15) is 0 Å². The quantitative estimate of drug-likeness (QED) is 0.439. The maximum Gasteiger partial charge on any atom is 0.183 e. The van der Waals surface area contributed by atoms with E-state index in [1.54, 1.807) is 0 Å². The van der Waals surface area contributed by atoms with Crippen molar-refractivity contribution in [2.75, 3.05) is 6.61 Å². The largest absolute Gasteiger partial charge is 0.419 e. The van der Waals surface area contributed by atoms with Gasteiger partial charge in [-0.1, -0.05) is 19.4 Å². The van der Waals surface area contributed by atoms with Crippen molar-refractivity contribution < 1.29 is 4.43 Å². The fraction of sp³-hybridized carbons (Fsp3) is 0.750. The number of allylic oxidation sites excluding steroid dienone is 1. The first-order chi connectivity index (χ1) is 4.84. The van der Waals surface area contributed by atoms with Crippen LogP contribution in [0.2, 0.25) is 11.6 Å². The maximum atomic E-state index is 5.70. The number of hydrogen-bond donors (Lipinski definition) is 0. The molecule has 2 atom stereocenters. The van der Waals surface area contributed by atoms with Gasteiger partial charge in [-0.3, -0.25) is 0 Å². The lowest BCUT2D eigenvalue weighted by Crippen LogP contribution is -2.26. The predicted octanol–water partition coefficient (Wildman–Crippen LogP) is 2.10. The van der Waals surface area contributed by atoms with Crippen LogP contribution in [0.25, 0.3) is 0 Å². The first kappa shape index (κ1) is 8.02. The van der Waals surface area contributed by atoms with Crippen LogP contribution in [0.3, 0.4) is 0 Å². The molecule has 0 aromatic heterocycles. The molecule has 0 aromatic carbocycles. The van der Waals surface area contributed by atoms with Crippen molar-refractivity contribution in [3.05, 3.63) is 12.7 Å². The van der Waals surface area contributed by atoms with Crippen molar-refractivity contribution in [3.63, 3.8) is 0 Å². The minimum absolute atomic E-state index is 0.667. The molecule has 0 N–H and O–H groups in total. The molecule has 2 heteroatoms. The van der Waals surface area contributed by atoms with Gasteiger partial charge in [-0.2, -0.15) is 0 Å². The lowest BCUT2D eigenvalue weighted by Gasteiger charge is -2.24. The molecule has 1 heterocycles. The second-order valence-corrected chi connectivity index (χ2v) is 6.04. The number of rotatable bonds is 2. The van der Waals surface area contributed by atoms with Gasteiger partial charge in [-0.15, -0.1) is 6.58 Å². The first-order valence-corrected chi connectivity index (χ1v) is 6.04. The summed E-state index contributed by atoms with van der Waals surface area (Å²) in [4.78, 5) is 0. The van der Waals surface area contributed by atoms with Crippen LogP contribution in [-0.4, -0.2) is 15.6 Å². The Bertz CT molecular complexity index is 108. The van der Waals surface area contributed by atoms with E-state index in [4.69, 9.17) is 4.43 Å². The van der Waals surface area contributed by atoms with E-state index in [0.717, 1.165) is 6.61 Å². The molecule has 10 heavy (non-hydrogen) atoms. The zero-order valence-corrected chi connectivity index (χ0v) is 7.83. The van der Waals surface area contributed by atoms with E-state index >= 15 is 0 Å². The predicted molar refractivity (Wildman–Crippen MR) is 46.8 cm³/mol. The summed E-state index contributed by atoms with van der Waals surface area (Å²) < 4.78 is 5.70. The van der Waals surface area contributed by atoms with E-state index in [2.05, 4.69) is 13.5 Å². The van der Waals surface area contributed by atoms with Crippen LogP contribution < -0.4 is 0 Å². The fourth-order valence-electron chi connectivity index (χ4n) is 1.33. The molecule has 58 valence electrons. The molecule has 2 unspecified atom stereocenters. The third-order valence-corrected chi connectivity index (χ3v) is 5.26. The average molecular weight is 156 g/mol. The highest BCUT2D eigenvalue weighted by atomic mass is 28.3. The van der Waals surface area contributed by atoms with Gasteiger partial charge in [-0.05, 0) is 18.0 Å². The summed E-state index contributed by atoms with van der Waals surface area (Å²) in [6.45, 7) is 7.03. The second-order valence-electron chi connectivity index (χ2n) is 3.00. The van der Waals surface area contributed by atoms with Gasteiger partial charge in [0, 0.05) is 6.61 Å². The van der Waals surface area contributed by atoms with Crippen LogP contribution in [0.4, 0.5) is 0 Å². The molecular formula is C8H16OSi. The Morgan fingerprint density at radius 2 is 2.40 bits per heavy atom. The topological polar surface area (TPSA) is 9.23 Å². The summed E-state index contributed by atoms with van der Waals surface area (Å²) >= 11 is 0. The number of hydrogen-bond acceptors (Lipinski definition) is 1. The highest BCUT2D eigenvalue weighted by Crippen LogP contribution is 2.21. The zero-order valence-electron chi connectivity index (χ0n) is 6.68. The summed E-state index contributed by atoms with van der Waals surface area (Å²) in [6.07, 6.45) is 4.70. The van der Waals surface area contributed by atoms with Gasteiger partial charge < -0.3 is 4.43 Å². The van der Waals surface area contributed by atoms with Crippen LogP contribution >= 0.6 is 0 Å². The second kappa shape index (κ2) is 3.94. The summed E-state index contributed by atoms with van der Waals surface area (Å²) in [5, 5.41) is 0. The summed E-state index contributed by atoms with van der Waals surface area (Å²) in [7, 11) is -0.838. The molecule has 0 bridgehead atoms. The van der Waals surface area contributed by atoms with Crippen LogP contribution in [0.1, 0.15) is 19.8 Å². The molecule has 1 fully saturated rings. The normalized spacial score (nSPS) is 29.5. The SMILES string of the molecule is C=CC(C)[SiH]1CCCCO1. The van der Waals surface area contributed by atoms with E-state index in [9.17, 15) is 0 Å². The monoisotopic (exact) mass is 156 g/mol. The molecule has 1 aliphatic heterocycles. The van der Waals surface area contributed by atoms with Crippen LogP contribution in [0.15, 0.2) is 12.7 Å². The minimum Gasteiger partial charge on any atom is -0.419 e. The van der Waals surface area contributed by atoms with Crippen molar-refractivity contribution in [2.45, 2.75) is 31.4 Å². The standard InChI is InChI=1S/C8H16OSi/c1-3-8(2)10-7-5-4-6-9-10/h3,8,10H,1,4-7H2,2H3. The lowest BCUT2D eigenvalue weighted by molar-refractivity contribution is 0.283. The van der Waals surface area contributed by atoms with E-state index in [1.807, 2.05) is 6.08 Å². The Balaban J connectivity index is 2.30. The van der Waals surface area contributed by atoms with Crippen molar-refractivity contribution in [3.8, 4) is 0 Å². The molecule has 0 aliphatic carbocycles. The van der Waals surface area contributed by atoms with Crippen LogP contribution in [-0.2, 0) is 4.43 Å². The van der Waals surface area contributed by atoms with Crippen LogP contribution in [0.5, 0.6) is 0 Å². The summed E-state index contributed by atoms with van der Waals surface area (Å²) in [5.41, 5.74) is 0.667. The molecule has 0 spiro atoms. The Hall–Kier alpha value is -0.0831. The fourth-order valence-corrected chi connectivity index (χ4v) is 3.79. The van der Waals surface area contributed by atoms with Crippen molar-refractivity contribution in [1.82, 2.24) is 0 Å². The Kier molecular flexibility index (Phi) is 3.16. The molecule has 1 aliphatic rings. The van der Waals surface area contributed by atoms with Gasteiger partial charge in [0.15, 0.2) is 9.04 Å². The van der Waals surface area contributed by atoms with Gasteiger partial charge in [-0.25, -0.2) is 0 Å². The van der Waals surface area contributed by atoms with Gasteiger partial charge in [0.05, 0.1) is 0 Å². The molecule has 0 amide bonds. The molecule has 0 saturated carbocycles. The smallest absolute Gasteiger partial charge is 0.183 e. The van der Waals surface area contributed by atoms with E-state index in [-0.39, 0.29) is 0 Å². The molecule has 1 nitrogen and oxygen atoms in total. The van der Waals surface area contributed by atoms with E-state index in [0.29, 0.717) is 5.54 Å². The van der Waals surface area contributed by atoms with E-state index in [1.165, 1.54) is 18.9 Å². The van der Waals surface area contributed by atoms with Crippen molar-refractivity contribution in [1.29, 1.82) is 0 Å². The first-order valence-electron chi connectivity index (χ1n) is 4.08. The molecule has 1 saturated heterocycles. The third kappa shape index (κ3) is 1.96. The van der Waals surface area contributed by atoms with Gasteiger partial charge >= 0.3 is 0 Å². The molecule has 1 rings (SSSR count). The summed E-state index contributed by atoms with van der Waals surface area (Å²) in [6, 6.07) is 1.35. The van der Waals surface area contributed by atoms with Gasteiger partial charge in [0.25, 0.3) is 0 Å². The average Bonchev–Trinajstić information content (AvgIpc) is 2.05. The van der Waals surface area contributed by atoms with E-state index < -0.39 is 9.04 Å². The molecular weight excluding hydrogens is 140 g/mol. The Labute approximate surface area is 64.8 Å². The lowest BCUT2D eigenvalue weighted by atomic mass is 10.4. The van der Waals surface area contributed by atoms with Crippen molar-refractivity contribution >= 4 is 9.04 Å². The van der Waals surface area contributed by atoms with Crippen molar-refractivity contribution in [2.24, 2.45) is 0 Å². The zero-order chi connectivity index (χ0) is 7.40. The maximum absolute atomic E-state index is 5.70. The Morgan fingerprint density at radius 3 is 2.90 bits per heavy atom. The Morgan fingerprint density at radius 1 is 1.60 bits per heavy atom. The van der Waals surface area contributed by atoms with Gasteiger partial charge in [0.2, 0.25) is 0 Å². The highest BCUT2D eigenvalue weighted by Gasteiger charge is 2.20. The summed E-state index contributed by atoms with van der Waals surface area (Å²) in [5.74, 6) is 0. The minimum atomic E-state index is -0.838. The third-order valence-electron chi connectivity index (χ3n) is 2.17. The van der Waals surface area contributed by atoms with Crippen LogP contribution in [0, 0.1) is 0 Å².